The minimum atomic E-state index is -0.169. The van der Waals surface area contributed by atoms with E-state index in [2.05, 4.69) is 4.90 Å². The van der Waals surface area contributed by atoms with Crippen molar-refractivity contribution >= 4 is 23.5 Å². The van der Waals surface area contributed by atoms with Gasteiger partial charge in [-0.3, -0.25) is 9.69 Å². The highest BCUT2D eigenvalue weighted by Gasteiger charge is 2.31. The van der Waals surface area contributed by atoms with E-state index in [1.807, 2.05) is 12.1 Å². The molecule has 25 heavy (non-hydrogen) atoms. The number of ether oxygens (including phenoxy) is 1. The fourth-order valence-electron chi connectivity index (χ4n) is 3.36. The largest absolute Gasteiger partial charge is 0.507 e. The molecule has 0 atom stereocenters. The van der Waals surface area contributed by atoms with Gasteiger partial charge in [0, 0.05) is 11.6 Å². The Bertz CT molecular complexity index is 869. The Morgan fingerprint density at radius 3 is 2.76 bits per heavy atom. The number of carbonyl (C=O) groups is 1. The smallest absolute Gasteiger partial charge is 0.231 e. The molecule has 0 radical (unpaired) electrons. The van der Waals surface area contributed by atoms with Gasteiger partial charge >= 0.3 is 0 Å². The van der Waals surface area contributed by atoms with E-state index in [0.717, 1.165) is 31.5 Å². The third-order valence-corrected chi connectivity index (χ3v) is 4.88. The molecule has 2 heterocycles. The van der Waals surface area contributed by atoms with Crippen LogP contribution in [0.3, 0.4) is 0 Å². The number of phenols is 1. The monoisotopic (exact) mass is 355 g/mol. The second-order valence-corrected chi connectivity index (χ2v) is 6.85. The van der Waals surface area contributed by atoms with Gasteiger partial charge in [-0.1, -0.05) is 23.7 Å². The van der Waals surface area contributed by atoms with Crippen molar-refractivity contribution in [3.05, 3.63) is 63.9 Å². The summed E-state index contributed by atoms with van der Waals surface area (Å²) in [6, 6.07) is 10.4. The molecular formula is C20H18ClNO3. The maximum atomic E-state index is 12.7. The van der Waals surface area contributed by atoms with Crippen LogP contribution in [-0.4, -0.2) is 28.9 Å². The van der Waals surface area contributed by atoms with Gasteiger partial charge in [-0.2, -0.15) is 0 Å². The van der Waals surface area contributed by atoms with Crippen LogP contribution in [-0.2, 0) is 6.54 Å². The number of halogens is 1. The number of fused-ring (bicyclic) bond motifs is 1. The standard InChI is InChI=1S/C20H18ClNO3/c21-14-5-3-4-13(10-14)11-18-19(24)15-6-7-17(23)16(20(15)25-18)12-22-8-1-2-9-22/h3-7,10-11,23H,1-2,8-9,12H2. The molecule has 1 N–H and O–H groups in total. The Labute approximate surface area is 151 Å². The first kappa shape index (κ1) is 16.2. The fraction of sp³-hybridized carbons (Fsp3) is 0.250. The molecule has 0 spiro atoms. The summed E-state index contributed by atoms with van der Waals surface area (Å²) >= 11 is 6.00. The molecule has 0 aromatic heterocycles. The van der Waals surface area contributed by atoms with E-state index in [0.29, 0.717) is 28.4 Å². The number of phenolic OH excluding ortho intramolecular Hbond substituents is 1. The molecule has 2 aliphatic heterocycles. The molecule has 0 aliphatic carbocycles. The van der Waals surface area contributed by atoms with Gasteiger partial charge in [0.15, 0.2) is 5.76 Å². The average Bonchev–Trinajstić information content (AvgIpc) is 3.20. The fourth-order valence-corrected chi connectivity index (χ4v) is 3.56. The molecule has 0 saturated carbocycles. The first-order valence-corrected chi connectivity index (χ1v) is 8.76. The van der Waals surface area contributed by atoms with Crippen molar-refractivity contribution in [2.45, 2.75) is 19.4 Å². The van der Waals surface area contributed by atoms with E-state index in [4.69, 9.17) is 16.3 Å². The van der Waals surface area contributed by atoms with Crippen LogP contribution in [0.15, 0.2) is 42.2 Å². The molecular weight excluding hydrogens is 338 g/mol. The highest BCUT2D eigenvalue weighted by molar-refractivity contribution is 6.30. The summed E-state index contributed by atoms with van der Waals surface area (Å²) in [6.07, 6.45) is 4.01. The molecule has 5 heteroatoms. The first-order valence-electron chi connectivity index (χ1n) is 8.39. The Hall–Kier alpha value is -2.30. The number of carbonyl (C=O) groups excluding carboxylic acids is 1. The summed E-state index contributed by atoms with van der Waals surface area (Å²) in [6.45, 7) is 2.59. The van der Waals surface area contributed by atoms with Crippen LogP contribution in [0.4, 0.5) is 0 Å². The predicted molar refractivity (Wildman–Crippen MR) is 97.0 cm³/mol. The third kappa shape index (κ3) is 3.15. The minimum Gasteiger partial charge on any atom is -0.507 e. The van der Waals surface area contributed by atoms with Gasteiger partial charge in [0.05, 0.1) is 11.1 Å². The van der Waals surface area contributed by atoms with Crippen molar-refractivity contribution in [3.63, 3.8) is 0 Å². The van der Waals surface area contributed by atoms with Crippen LogP contribution in [0.1, 0.15) is 34.3 Å². The van der Waals surface area contributed by atoms with Crippen molar-refractivity contribution in [3.8, 4) is 11.5 Å². The van der Waals surface area contributed by atoms with E-state index in [1.54, 1.807) is 30.3 Å². The van der Waals surface area contributed by atoms with E-state index < -0.39 is 0 Å². The van der Waals surface area contributed by atoms with Crippen LogP contribution in [0.5, 0.6) is 11.5 Å². The molecule has 2 aliphatic rings. The Morgan fingerprint density at radius 1 is 1.20 bits per heavy atom. The van der Waals surface area contributed by atoms with Gasteiger partial charge in [0.25, 0.3) is 0 Å². The number of allylic oxidation sites excluding steroid dienone is 1. The number of ketones is 1. The van der Waals surface area contributed by atoms with Crippen molar-refractivity contribution in [2.75, 3.05) is 13.1 Å². The summed E-state index contributed by atoms with van der Waals surface area (Å²) in [5.41, 5.74) is 1.98. The summed E-state index contributed by atoms with van der Waals surface area (Å²) in [5, 5.41) is 10.9. The topological polar surface area (TPSA) is 49.8 Å². The molecule has 128 valence electrons. The summed E-state index contributed by atoms with van der Waals surface area (Å²) in [7, 11) is 0. The van der Waals surface area contributed by atoms with E-state index in [1.165, 1.54) is 0 Å². The lowest BCUT2D eigenvalue weighted by atomic mass is 10.0. The highest BCUT2D eigenvalue weighted by atomic mass is 35.5. The maximum Gasteiger partial charge on any atom is 0.231 e. The third-order valence-electron chi connectivity index (χ3n) is 4.64. The Kier molecular flexibility index (Phi) is 4.24. The van der Waals surface area contributed by atoms with Crippen molar-refractivity contribution < 1.29 is 14.6 Å². The van der Waals surface area contributed by atoms with Crippen molar-refractivity contribution in [2.24, 2.45) is 0 Å². The number of likely N-dealkylation sites (tertiary alicyclic amines) is 1. The van der Waals surface area contributed by atoms with Crippen LogP contribution in [0.25, 0.3) is 6.08 Å². The number of Topliss-reactive ketones (excluding diaryl/α,β-unsaturated/α-hetero) is 1. The SMILES string of the molecule is O=C1C(=Cc2cccc(Cl)c2)Oc2c1ccc(O)c2CN1CCCC1. The lowest BCUT2D eigenvalue weighted by Gasteiger charge is -2.17. The lowest BCUT2D eigenvalue weighted by molar-refractivity contribution is 0.101. The number of aromatic hydroxyl groups is 1. The van der Waals surface area contributed by atoms with Crippen LogP contribution in [0.2, 0.25) is 5.02 Å². The number of benzene rings is 2. The van der Waals surface area contributed by atoms with Crippen LogP contribution in [0, 0.1) is 0 Å². The maximum absolute atomic E-state index is 12.7. The number of nitrogens with zero attached hydrogens (tertiary/aromatic N) is 1. The molecule has 4 rings (SSSR count). The summed E-state index contributed by atoms with van der Waals surface area (Å²) in [4.78, 5) is 14.9. The van der Waals surface area contributed by atoms with E-state index in [9.17, 15) is 9.90 Å². The van der Waals surface area contributed by atoms with Crippen LogP contribution < -0.4 is 4.74 Å². The zero-order valence-electron chi connectivity index (χ0n) is 13.7. The molecule has 2 aromatic carbocycles. The van der Waals surface area contributed by atoms with Gasteiger partial charge in [-0.25, -0.2) is 0 Å². The first-order chi connectivity index (χ1) is 12.1. The van der Waals surface area contributed by atoms with Crippen LogP contribution >= 0.6 is 11.6 Å². The molecule has 1 fully saturated rings. The van der Waals surface area contributed by atoms with E-state index in [-0.39, 0.29) is 17.3 Å². The number of hydrogen-bond acceptors (Lipinski definition) is 4. The quantitative estimate of drug-likeness (QED) is 0.836. The number of rotatable bonds is 3. The minimum absolute atomic E-state index is 0.169. The molecule has 1 saturated heterocycles. The van der Waals surface area contributed by atoms with Gasteiger partial charge in [0.1, 0.15) is 11.5 Å². The normalized spacial score (nSPS) is 18.6. The zero-order chi connectivity index (χ0) is 17.4. The van der Waals surface area contributed by atoms with Crippen molar-refractivity contribution in [1.82, 2.24) is 4.90 Å². The number of hydrogen-bond donors (Lipinski definition) is 1. The van der Waals surface area contributed by atoms with Crippen molar-refractivity contribution in [1.29, 1.82) is 0 Å². The molecule has 0 bridgehead atoms. The second kappa shape index (κ2) is 6.54. The Morgan fingerprint density at radius 2 is 2.00 bits per heavy atom. The van der Waals surface area contributed by atoms with Gasteiger partial charge in [0.2, 0.25) is 5.78 Å². The zero-order valence-corrected chi connectivity index (χ0v) is 14.4. The van der Waals surface area contributed by atoms with Gasteiger partial charge in [-0.15, -0.1) is 0 Å². The lowest BCUT2D eigenvalue weighted by Crippen LogP contribution is -2.18. The van der Waals surface area contributed by atoms with E-state index >= 15 is 0 Å². The molecule has 2 aromatic rings. The van der Waals surface area contributed by atoms with Gasteiger partial charge < -0.3 is 9.84 Å². The molecule has 4 nitrogen and oxygen atoms in total. The molecule has 0 amide bonds. The highest BCUT2D eigenvalue weighted by Crippen LogP contribution is 2.40. The summed E-state index contributed by atoms with van der Waals surface area (Å²) in [5.74, 6) is 0.732. The van der Waals surface area contributed by atoms with Gasteiger partial charge in [-0.05, 0) is 61.8 Å². The summed E-state index contributed by atoms with van der Waals surface area (Å²) < 4.78 is 5.87. The predicted octanol–water partition coefficient (Wildman–Crippen LogP) is 4.26. The molecule has 0 unspecified atom stereocenters. The average molecular weight is 356 g/mol. The Balaban J connectivity index is 1.68. The second-order valence-electron chi connectivity index (χ2n) is 6.42.